The lowest BCUT2D eigenvalue weighted by molar-refractivity contribution is 0.0951. The summed E-state index contributed by atoms with van der Waals surface area (Å²) >= 11 is 0. The highest BCUT2D eigenvalue weighted by Gasteiger charge is 2.18. The Morgan fingerprint density at radius 3 is 2.31 bits per heavy atom. The van der Waals surface area contributed by atoms with Crippen molar-refractivity contribution in [2.24, 2.45) is 0 Å². The third-order valence-electron chi connectivity index (χ3n) is 4.49. The maximum absolute atomic E-state index is 12.3. The fourth-order valence-electron chi connectivity index (χ4n) is 2.62. The van der Waals surface area contributed by atoms with E-state index in [9.17, 15) is 13.2 Å². The molecule has 2 rings (SSSR count). The highest BCUT2D eigenvalue weighted by molar-refractivity contribution is 7.88. The van der Waals surface area contributed by atoms with E-state index in [-0.39, 0.29) is 19.0 Å². The summed E-state index contributed by atoms with van der Waals surface area (Å²) in [5.74, 6) is -0.197. The van der Waals surface area contributed by atoms with Crippen molar-refractivity contribution in [1.82, 2.24) is 9.62 Å². The summed E-state index contributed by atoms with van der Waals surface area (Å²) in [5.41, 5.74) is 4.76. The molecule has 0 unspecified atom stereocenters. The van der Waals surface area contributed by atoms with Crippen molar-refractivity contribution >= 4 is 15.9 Å². The lowest BCUT2D eigenvalue weighted by atomic mass is 10.1. The Morgan fingerprint density at radius 2 is 1.69 bits per heavy atom. The van der Waals surface area contributed by atoms with Crippen LogP contribution in [0.2, 0.25) is 0 Å². The van der Waals surface area contributed by atoms with Crippen molar-refractivity contribution < 1.29 is 13.2 Å². The molecule has 1 amide bonds. The summed E-state index contributed by atoms with van der Waals surface area (Å²) in [6.45, 7) is 6.68. The van der Waals surface area contributed by atoms with Crippen LogP contribution in [0, 0.1) is 20.8 Å². The smallest absolute Gasteiger partial charge is 0.251 e. The van der Waals surface area contributed by atoms with Gasteiger partial charge in [-0.2, -0.15) is 4.31 Å². The van der Waals surface area contributed by atoms with Crippen molar-refractivity contribution in [2.75, 3.05) is 19.3 Å². The van der Waals surface area contributed by atoms with E-state index < -0.39 is 10.0 Å². The Hall–Kier alpha value is -2.18. The first kappa shape index (κ1) is 20.1. The number of hydrogen-bond donors (Lipinski definition) is 1. The summed E-state index contributed by atoms with van der Waals surface area (Å²) in [4.78, 5) is 12.3. The minimum atomic E-state index is -3.37. The summed E-state index contributed by atoms with van der Waals surface area (Å²) in [6, 6.07) is 13.2. The molecule has 0 aliphatic carbocycles. The second-order valence-corrected chi connectivity index (χ2v) is 8.56. The summed E-state index contributed by atoms with van der Waals surface area (Å²) in [6.07, 6.45) is 1.19. The molecule has 2 aromatic rings. The summed E-state index contributed by atoms with van der Waals surface area (Å²) < 4.78 is 25.6. The number of sulfonamides is 1. The van der Waals surface area contributed by atoms with Crippen molar-refractivity contribution in [3.05, 3.63) is 70.3 Å². The number of carbonyl (C=O) groups is 1. The number of hydrogen-bond acceptors (Lipinski definition) is 3. The summed E-state index contributed by atoms with van der Waals surface area (Å²) in [5, 5.41) is 2.80. The molecule has 0 saturated carbocycles. The molecule has 0 atom stereocenters. The average Bonchev–Trinajstić information content (AvgIpc) is 2.57. The van der Waals surface area contributed by atoms with Crippen LogP contribution in [0.4, 0.5) is 0 Å². The molecule has 2 aromatic carbocycles. The van der Waals surface area contributed by atoms with Crippen molar-refractivity contribution in [1.29, 1.82) is 0 Å². The van der Waals surface area contributed by atoms with Gasteiger partial charge in [-0.15, -0.1) is 0 Å². The Labute approximate surface area is 156 Å². The van der Waals surface area contributed by atoms with E-state index in [0.29, 0.717) is 12.1 Å². The first-order valence-electron chi connectivity index (χ1n) is 8.53. The van der Waals surface area contributed by atoms with Crippen LogP contribution in [0.1, 0.15) is 32.6 Å². The third-order valence-corrected chi connectivity index (χ3v) is 5.74. The molecular formula is C20H26N2O3S. The number of nitrogens with zero attached hydrogens (tertiary/aromatic N) is 1. The highest BCUT2D eigenvalue weighted by Crippen LogP contribution is 2.13. The fraction of sp³-hybridized carbons (Fsp3) is 0.350. The zero-order chi connectivity index (χ0) is 19.3. The van der Waals surface area contributed by atoms with Crippen molar-refractivity contribution in [3.8, 4) is 0 Å². The molecule has 0 bridgehead atoms. The SMILES string of the molecule is Cc1ccc(C(=O)NCCN(Cc2ccccc2C)S(C)(=O)=O)cc1C. The van der Waals surface area contributed by atoms with Crippen LogP contribution in [0.15, 0.2) is 42.5 Å². The van der Waals surface area contributed by atoms with E-state index in [0.717, 1.165) is 22.3 Å². The van der Waals surface area contributed by atoms with Gasteiger partial charge in [0.1, 0.15) is 0 Å². The Bertz CT molecular complexity index is 892. The van der Waals surface area contributed by atoms with Crippen LogP contribution in [-0.4, -0.2) is 38.0 Å². The molecule has 26 heavy (non-hydrogen) atoms. The van der Waals surface area contributed by atoms with Gasteiger partial charge >= 0.3 is 0 Å². The van der Waals surface area contributed by atoms with Gasteiger partial charge in [0.2, 0.25) is 10.0 Å². The van der Waals surface area contributed by atoms with E-state index in [4.69, 9.17) is 0 Å². The lowest BCUT2D eigenvalue weighted by Gasteiger charge is -2.21. The molecular weight excluding hydrogens is 348 g/mol. The predicted octanol–water partition coefficient (Wildman–Crippen LogP) is 2.80. The Kier molecular flexibility index (Phi) is 6.56. The molecule has 0 heterocycles. The number of amides is 1. The number of benzene rings is 2. The highest BCUT2D eigenvalue weighted by atomic mass is 32.2. The zero-order valence-electron chi connectivity index (χ0n) is 15.7. The number of nitrogens with one attached hydrogen (secondary N) is 1. The van der Waals surface area contributed by atoms with Gasteiger partial charge in [-0.3, -0.25) is 4.79 Å². The van der Waals surface area contributed by atoms with E-state index >= 15 is 0 Å². The quantitative estimate of drug-likeness (QED) is 0.810. The van der Waals surface area contributed by atoms with Gasteiger partial charge in [0.25, 0.3) is 5.91 Å². The van der Waals surface area contributed by atoms with Crippen LogP contribution >= 0.6 is 0 Å². The molecule has 0 radical (unpaired) electrons. The van der Waals surface area contributed by atoms with Gasteiger partial charge < -0.3 is 5.32 Å². The molecule has 0 fully saturated rings. The maximum Gasteiger partial charge on any atom is 0.251 e. The Balaban J connectivity index is 2.00. The minimum absolute atomic E-state index is 0.197. The van der Waals surface area contributed by atoms with Gasteiger partial charge in [0.15, 0.2) is 0 Å². The van der Waals surface area contributed by atoms with Gasteiger partial charge in [0, 0.05) is 25.2 Å². The third kappa shape index (κ3) is 5.41. The van der Waals surface area contributed by atoms with Crippen LogP contribution < -0.4 is 5.32 Å². The average molecular weight is 375 g/mol. The second-order valence-electron chi connectivity index (χ2n) is 6.58. The van der Waals surface area contributed by atoms with Crippen LogP contribution in [0.3, 0.4) is 0 Å². The van der Waals surface area contributed by atoms with E-state index in [2.05, 4.69) is 5.32 Å². The van der Waals surface area contributed by atoms with Gasteiger partial charge in [-0.05, 0) is 55.2 Å². The maximum atomic E-state index is 12.3. The van der Waals surface area contributed by atoms with Crippen LogP contribution in [0.25, 0.3) is 0 Å². The molecule has 0 saturated heterocycles. The first-order valence-corrected chi connectivity index (χ1v) is 10.4. The van der Waals surface area contributed by atoms with Gasteiger partial charge in [-0.25, -0.2) is 8.42 Å². The van der Waals surface area contributed by atoms with Crippen LogP contribution in [0.5, 0.6) is 0 Å². The van der Waals surface area contributed by atoms with Crippen molar-refractivity contribution in [3.63, 3.8) is 0 Å². The molecule has 6 heteroatoms. The summed E-state index contributed by atoms with van der Waals surface area (Å²) in [7, 11) is -3.37. The minimum Gasteiger partial charge on any atom is -0.351 e. The first-order chi connectivity index (χ1) is 12.2. The molecule has 0 aromatic heterocycles. The van der Waals surface area contributed by atoms with Gasteiger partial charge in [0.05, 0.1) is 6.26 Å². The molecule has 140 valence electrons. The molecule has 0 spiro atoms. The lowest BCUT2D eigenvalue weighted by Crippen LogP contribution is -2.37. The number of carbonyl (C=O) groups excluding carboxylic acids is 1. The number of rotatable bonds is 7. The molecule has 0 aliphatic heterocycles. The van der Waals surface area contributed by atoms with Crippen molar-refractivity contribution in [2.45, 2.75) is 27.3 Å². The normalized spacial score (nSPS) is 11.6. The monoisotopic (exact) mass is 374 g/mol. The second kappa shape index (κ2) is 8.47. The Morgan fingerprint density at radius 1 is 1.00 bits per heavy atom. The van der Waals surface area contributed by atoms with E-state index in [1.165, 1.54) is 10.6 Å². The van der Waals surface area contributed by atoms with Crippen LogP contribution in [-0.2, 0) is 16.6 Å². The van der Waals surface area contributed by atoms with E-state index in [1.807, 2.05) is 57.2 Å². The van der Waals surface area contributed by atoms with Gasteiger partial charge in [-0.1, -0.05) is 30.3 Å². The molecule has 1 N–H and O–H groups in total. The topological polar surface area (TPSA) is 66.5 Å². The predicted molar refractivity (Wildman–Crippen MR) is 105 cm³/mol. The molecule has 0 aliphatic rings. The fourth-order valence-corrected chi connectivity index (χ4v) is 3.42. The molecule has 5 nitrogen and oxygen atoms in total. The number of aryl methyl sites for hydroxylation is 3. The largest absolute Gasteiger partial charge is 0.351 e. The standard InChI is InChI=1S/C20H26N2O3S/c1-15-9-10-18(13-17(15)3)20(23)21-11-12-22(26(4,24)25)14-19-8-6-5-7-16(19)2/h5-10,13H,11-12,14H2,1-4H3,(H,21,23). The van der Waals surface area contributed by atoms with E-state index in [1.54, 1.807) is 6.07 Å². The zero-order valence-corrected chi connectivity index (χ0v) is 16.6.